The van der Waals surface area contributed by atoms with Crippen molar-refractivity contribution in [1.29, 1.82) is 0 Å². The first-order valence-electron chi connectivity index (χ1n) is 7.13. The van der Waals surface area contributed by atoms with E-state index in [1.54, 1.807) is 4.90 Å². The van der Waals surface area contributed by atoms with Crippen LogP contribution >= 0.6 is 12.4 Å². The first-order chi connectivity index (χ1) is 9.11. The van der Waals surface area contributed by atoms with Crippen molar-refractivity contribution in [3.63, 3.8) is 0 Å². The molecule has 0 aliphatic carbocycles. The highest BCUT2D eigenvalue weighted by molar-refractivity contribution is 5.85. The Labute approximate surface area is 126 Å². The monoisotopic (exact) mass is 304 g/mol. The summed E-state index contributed by atoms with van der Waals surface area (Å²) in [4.78, 5) is 27.4. The predicted molar refractivity (Wildman–Crippen MR) is 79.4 cm³/mol. The summed E-state index contributed by atoms with van der Waals surface area (Å²) in [5, 5.41) is 0. The van der Waals surface area contributed by atoms with Gasteiger partial charge in [0.05, 0.1) is 12.5 Å². The SMILES string of the molecule is Cl.NCC1CCCN1CC(=O)N1CCCC(C(N)=O)C1. The molecule has 2 saturated heterocycles. The van der Waals surface area contributed by atoms with E-state index in [1.807, 2.05) is 0 Å². The van der Waals surface area contributed by atoms with Crippen molar-refractivity contribution in [2.75, 3.05) is 32.7 Å². The van der Waals surface area contributed by atoms with Crippen LogP contribution in [-0.4, -0.2) is 60.4 Å². The van der Waals surface area contributed by atoms with Crippen molar-refractivity contribution < 1.29 is 9.59 Å². The third kappa shape index (κ3) is 4.07. The fourth-order valence-corrected chi connectivity index (χ4v) is 3.08. The molecular formula is C13H25ClN4O2. The fraction of sp³-hybridized carbons (Fsp3) is 0.846. The second kappa shape index (κ2) is 7.81. The topological polar surface area (TPSA) is 92.7 Å². The number of halogens is 1. The number of nitrogens with zero attached hydrogens (tertiary/aromatic N) is 2. The largest absolute Gasteiger partial charge is 0.369 e. The van der Waals surface area contributed by atoms with Gasteiger partial charge in [-0.05, 0) is 32.2 Å². The van der Waals surface area contributed by atoms with Crippen LogP contribution in [0.3, 0.4) is 0 Å². The van der Waals surface area contributed by atoms with E-state index in [4.69, 9.17) is 11.5 Å². The number of hydrogen-bond acceptors (Lipinski definition) is 4. The van der Waals surface area contributed by atoms with Crippen LogP contribution in [0, 0.1) is 5.92 Å². The maximum absolute atomic E-state index is 12.3. The van der Waals surface area contributed by atoms with Gasteiger partial charge in [0.15, 0.2) is 0 Å². The number of hydrogen-bond donors (Lipinski definition) is 2. The number of carbonyl (C=O) groups is 2. The Balaban J connectivity index is 0.00000200. The zero-order chi connectivity index (χ0) is 13.8. The molecule has 2 amide bonds. The second-order valence-electron chi connectivity index (χ2n) is 5.58. The molecule has 0 saturated carbocycles. The number of primary amides is 1. The van der Waals surface area contributed by atoms with Crippen molar-refractivity contribution in [3.05, 3.63) is 0 Å². The molecule has 2 aliphatic rings. The van der Waals surface area contributed by atoms with E-state index < -0.39 is 0 Å². The molecule has 116 valence electrons. The third-order valence-electron chi connectivity index (χ3n) is 4.29. The highest BCUT2D eigenvalue weighted by Crippen LogP contribution is 2.19. The summed E-state index contributed by atoms with van der Waals surface area (Å²) in [7, 11) is 0. The van der Waals surface area contributed by atoms with Crippen LogP contribution in [0.5, 0.6) is 0 Å². The van der Waals surface area contributed by atoms with Gasteiger partial charge in [0, 0.05) is 25.7 Å². The molecule has 0 aromatic rings. The van der Waals surface area contributed by atoms with Gasteiger partial charge in [0.25, 0.3) is 0 Å². The van der Waals surface area contributed by atoms with E-state index in [0.717, 1.165) is 38.8 Å². The lowest BCUT2D eigenvalue weighted by atomic mass is 9.97. The van der Waals surface area contributed by atoms with E-state index in [1.165, 1.54) is 0 Å². The molecule has 4 N–H and O–H groups in total. The van der Waals surface area contributed by atoms with Crippen LogP contribution in [0.15, 0.2) is 0 Å². The Kier molecular flexibility index (Phi) is 6.71. The minimum Gasteiger partial charge on any atom is -0.369 e. The number of nitrogens with two attached hydrogens (primary N) is 2. The molecule has 2 aliphatic heterocycles. The third-order valence-corrected chi connectivity index (χ3v) is 4.29. The van der Waals surface area contributed by atoms with Gasteiger partial charge >= 0.3 is 0 Å². The van der Waals surface area contributed by atoms with E-state index in [0.29, 0.717) is 25.7 Å². The lowest BCUT2D eigenvalue weighted by Gasteiger charge is -2.33. The summed E-state index contributed by atoms with van der Waals surface area (Å²) >= 11 is 0. The average molecular weight is 305 g/mol. The van der Waals surface area contributed by atoms with E-state index in [9.17, 15) is 9.59 Å². The Morgan fingerprint density at radius 2 is 1.85 bits per heavy atom. The number of amides is 2. The van der Waals surface area contributed by atoms with Gasteiger partial charge in [-0.25, -0.2) is 0 Å². The molecule has 2 unspecified atom stereocenters. The zero-order valence-corrected chi connectivity index (χ0v) is 12.6. The number of carbonyl (C=O) groups excluding carboxylic acids is 2. The zero-order valence-electron chi connectivity index (χ0n) is 11.8. The van der Waals surface area contributed by atoms with Crippen LogP contribution in [0.2, 0.25) is 0 Å². The summed E-state index contributed by atoms with van der Waals surface area (Å²) in [6, 6.07) is 0.334. The lowest BCUT2D eigenvalue weighted by molar-refractivity contribution is -0.136. The van der Waals surface area contributed by atoms with Gasteiger partial charge in [-0.2, -0.15) is 0 Å². The molecule has 0 aromatic heterocycles. The molecule has 2 fully saturated rings. The summed E-state index contributed by atoms with van der Waals surface area (Å²) < 4.78 is 0. The molecule has 7 heteroatoms. The summed E-state index contributed by atoms with van der Waals surface area (Å²) in [6.45, 7) is 3.20. The van der Waals surface area contributed by atoms with Crippen LogP contribution in [0.1, 0.15) is 25.7 Å². The van der Waals surface area contributed by atoms with Crippen LogP contribution in [0.4, 0.5) is 0 Å². The smallest absolute Gasteiger partial charge is 0.236 e. The summed E-state index contributed by atoms with van der Waals surface area (Å²) in [6.07, 6.45) is 3.85. The first kappa shape index (κ1) is 17.2. The first-order valence-corrected chi connectivity index (χ1v) is 7.13. The lowest BCUT2D eigenvalue weighted by Crippen LogP contribution is -2.49. The molecule has 20 heavy (non-hydrogen) atoms. The van der Waals surface area contributed by atoms with Crippen molar-refractivity contribution in [2.45, 2.75) is 31.7 Å². The highest BCUT2D eigenvalue weighted by atomic mass is 35.5. The van der Waals surface area contributed by atoms with Gasteiger partial charge < -0.3 is 16.4 Å². The van der Waals surface area contributed by atoms with Crippen molar-refractivity contribution in [3.8, 4) is 0 Å². The van der Waals surface area contributed by atoms with E-state index >= 15 is 0 Å². The maximum atomic E-state index is 12.3. The molecule has 2 atom stereocenters. The quantitative estimate of drug-likeness (QED) is 0.736. The van der Waals surface area contributed by atoms with Gasteiger partial charge in [0.1, 0.15) is 0 Å². The summed E-state index contributed by atoms with van der Waals surface area (Å²) in [5.41, 5.74) is 11.0. The molecule has 0 aromatic carbocycles. The van der Waals surface area contributed by atoms with Crippen LogP contribution < -0.4 is 11.5 Å². The molecular weight excluding hydrogens is 280 g/mol. The Morgan fingerprint density at radius 3 is 2.50 bits per heavy atom. The number of piperidine rings is 1. The average Bonchev–Trinajstić information content (AvgIpc) is 2.86. The predicted octanol–water partition coefficient (Wildman–Crippen LogP) is -0.445. The molecule has 0 bridgehead atoms. The van der Waals surface area contributed by atoms with Crippen molar-refractivity contribution in [1.82, 2.24) is 9.80 Å². The second-order valence-corrected chi connectivity index (χ2v) is 5.58. The van der Waals surface area contributed by atoms with Crippen LogP contribution in [0.25, 0.3) is 0 Å². The normalized spacial score (nSPS) is 27.1. The molecule has 6 nitrogen and oxygen atoms in total. The standard InChI is InChI=1S/C13H24N4O2.ClH/c14-7-11-4-2-5-16(11)9-12(18)17-6-1-3-10(8-17)13(15)19;/h10-11H,1-9,14H2,(H2,15,19);1H. The number of likely N-dealkylation sites (tertiary alicyclic amines) is 2. The Hall–Kier alpha value is -0.850. The van der Waals surface area contributed by atoms with Crippen LogP contribution in [-0.2, 0) is 9.59 Å². The fourth-order valence-electron chi connectivity index (χ4n) is 3.08. The van der Waals surface area contributed by atoms with Crippen molar-refractivity contribution >= 4 is 24.2 Å². The molecule has 2 heterocycles. The maximum Gasteiger partial charge on any atom is 0.236 e. The van der Waals surface area contributed by atoms with Gasteiger partial charge in [-0.15, -0.1) is 12.4 Å². The molecule has 0 radical (unpaired) electrons. The molecule has 2 rings (SSSR count). The van der Waals surface area contributed by atoms with Gasteiger partial charge in [-0.1, -0.05) is 0 Å². The van der Waals surface area contributed by atoms with E-state index in [2.05, 4.69) is 4.90 Å². The minimum absolute atomic E-state index is 0. The number of rotatable bonds is 4. The summed E-state index contributed by atoms with van der Waals surface area (Å²) in [5.74, 6) is -0.369. The molecule has 0 spiro atoms. The van der Waals surface area contributed by atoms with E-state index in [-0.39, 0.29) is 30.1 Å². The minimum atomic E-state index is -0.293. The van der Waals surface area contributed by atoms with Gasteiger partial charge in [0.2, 0.25) is 11.8 Å². The highest BCUT2D eigenvalue weighted by Gasteiger charge is 2.30. The van der Waals surface area contributed by atoms with Crippen molar-refractivity contribution in [2.24, 2.45) is 17.4 Å². The van der Waals surface area contributed by atoms with Gasteiger partial charge in [-0.3, -0.25) is 14.5 Å². The Bertz CT molecular complexity index is 353. The Morgan fingerprint density at radius 1 is 1.15 bits per heavy atom.